The van der Waals surface area contributed by atoms with Gasteiger partial charge in [-0.05, 0) is 38.1 Å². The Balaban J connectivity index is 1.93. The molecule has 0 aliphatic carbocycles. The maximum atomic E-state index is 11.9. The Morgan fingerprint density at radius 2 is 2.00 bits per heavy atom. The molecule has 0 radical (unpaired) electrons. The summed E-state index contributed by atoms with van der Waals surface area (Å²) in [5, 5.41) is 4.90. The van der Waals surface area contributed by atoms with Crippen molar-refractivity contribution in [2.24, 2.45) is 0 Å². The van der Waals surface area contributed by atoms with Crippen LogP contribution in [0.1, 0.15) is 23.0 Å². The molecule has 0 saturated heterocycles. The monoisotopic (exact) mass is 305 g/mol. The molecule has 1 amide bonds. The number of rotatable bonds is 4. The Morgan fingerprint density at radius 3 is 2.57 bits per heavy atom. The van der Waals surface area contributed by atoms with Gasteiger partial charge in [-0.3, -0.25) is 10.1 Å². The van der Waals surface area contributed by atoms with Crippen LogP contribution in [0.3, 0.4) is 0 Å². The smallest absolute Gasteiger partial charge is 0.338 e. The van der Waals surface area contributed by atoms with Crippen molar-refractivity contribution in [1.82, 2.24) is 4.98 Å². The Bertz CT molecular complexity index is 652. The second-order valence-corrected chi connectivity index (χ2v) is 5.31. The predicted molar refractivity (Wildman–Crippen MR) is 81.2 cm³/mol. The van der Waals surface area contributed by atoms with Gasteiger partial charge in [0.15, 0.2) is 11.2 Å². The summed E-state index contributed by atoms with van der Waals surface area (Å²) >= 11 is 1.31. The van der Waals surface area contributed by atoms with E-state index in [1.807, 2.05) is 12.3 Å². The first-order chi connectivity index (χ1) is 9.95. The molecule has 1 atom stereocenters. The van der Waals surface area contributed by atoms with Gasteiger partial charge in [-0.1, -0.05) is 0 Å². The van der Waals surface area contributed by atoms with Gasteiger partial charge in [0.1, 0.15) is 0 Å². The quantitative estimate of drug-likeness (QED) is 0.667. The van der Waals surface area contributed by atoms with E-state index in [1.54, 1.807) is 24.3 Å². The molecule has 6 nitrogen and oxygen atoms in total. The summed E-state index contributed by atoms with van der Waals surface area (Å²) in [6.07, 6.45) is -0.917. The number of nitrogens with two attached hydrogens (primary N) is 1. The van der Waals surface area contributed by atoms with Crippen LogP contribution in [0.25, 0.3) is 0 Å². The third-order valence-electron chi connectivity index (χ3n) is 2.65. The standard InChI is InChI=1S/C14H15N3O3S/c1-8-7-21-14(16-8)17-12(18)9(2)20-13(19)10-3-5-11(15)6-4-10/h3-7,9H,15H2,1-2H3,(H,16,17,18). The zero-order valence-corrected chi connectivity index (χ0v) is 12.4. The van der Waals surface area contributed by atoms with Crippen molar-refractivity contribution in [3.8, 4) is 0 Å². The molecule has 1 unspecified atom stereocenters. The highest BCUT2D eigenvalue weighted by molar-refractivity contribution is 7.13. The highest BCUT2D eigenvalue weighted by atomic mass is 32.1. The summed E-state index contributed by atoms with van der Waals surface area (Å²) in [4.78, 5) is 27.9. The molecule has 0 bridgehead atoms. The van der Waals surface area contributed by atoms with Gasteiger partial charge in [0.05, 0.1) is 11.3 Å². The van der Waals surface area contributed by atoms with E-state index >= 15 is 0 Å². The van der Waals surface area contributed by atoms with Crippen LogP contribution in [0.2, 0.25) is 0 Å². The average molecular weight is 305 g/mol. The molecule has 1 heterocycles. The summed E-state index contributed by atoms with van der Waals surface area (Å²) in [6, 6.07) is 6.29. The zero-order valence-electron chi connectivity index (χ0n) is 11.6. The minimum absolute atomic E-state index is 0.342. The van der Waals surface area contributed by atoms with Crippen LogP contribution in [0.4, 0.5) is 10.8 Å². The second kappa shape index (κ2) is 6.36. The normalized spacial score (nSPS) is 11.7. The third kappa shape index (κ3) is 4.03. The number of hydrogen-bond acceptors (Lipinski definition) is 6. The fourth-order valence-electron chi connectivity index (χ4n) is 1.52. The maximum absolute atomic E-state index is 11.9. The molecular weight excluding hydrogens is 290 g/mol. The van der Waals surface area contributed by atoms with Gasteiger partial charge in [-0.2, -0.15) is 0 Å². The number of benzene rings is 1. The molecule has 2 rings (SSSR count). The van der Waals surface area contributed by atoms with Crippen molar-refractivity contribution in [2.45, 2.75) is 20.0 Å². The van der Waals surface area contributed by atoms with Crippen molar-refractivity contribution in [3.05, 3.63) is 40.9 Å². The van der Waals surface area contributed by atoms with Gasteiger partial charge in [-0.25, -0.2) is 9.78 Å². The van der Waals surface area contributed by atoms with Gasteiger partial charge in [0.25, 0.3) is 5.91 Å². The van der Waals surface area contributed by atoms with Crippen molar-refractivity contribution in [2.75, 3.05) is 11.1 Å². The van der Waals surface area contributed by atoms with Crippen LogP contribution in [-0.4, -0.2) is 23.0 Å². The van der Waals surface area contributed by atoms with Crippen LogP contribution < -0.4 is 11.1 Å². The summed E-state index contributed by atoms with van der Waals surface area (Å²) < 4.78 is 5.10. The fraction of sp³-hybridized carbons (Fsp3) is 0.214. The van der Waals surface area contributed by atoms with Crippen LogP contribution >= 0.6 is 11.3 Å². The number of carbonyl (C=O) groups is 2. The van der Waals surface area contributed by atoms with Crippen LogP contribution in [0.5, 0.6) is 0 Å². The lowest BCUT2D eigenvalue weighted by atomic mass is 10.2. The van der Waals surface area contributed by atoms with E-state index in [4.69, 9.17) is 10.5 Å². The number of anilines is 2. The number of amides is 1. The van der Waals surface area contributed by atoms with Gasteiger partial charge in [0, 0.05) is 11.1 Å². The number of thiazole rings is 1. The average Bonchev–Trinajstić information content (AvgIpc) is 2.84. The summed E-state index contributed by atoms with van der Waals surface area (Å²) in [6.45, 7) is 3.34. The number of nitrogens with one attached hydrogen (secondary N) is 1. The second-order valence-electron chi connectivity index (χ2n) is 4.45. The lowest BCUT2D eigenvalue weighted by molar-refractivity contribution is -0.123. The van der Waals surface area contributed by atoms with Crippen LogP contribution in [0.15, 0.2) is 29.6 Å². The molecule has 2 aromatic rings. The first kappa shape index (κ1) is 15.0. The van der Waals surface area contributed by atoms with E-state index in [0.717, 1.165) is 5.69 Å². The molecule has 0 aliphatic heterocycles. The molecule has 0 fully saturated rings. The maximum Gasteiger partial charge on any atom is 0.338 e. The van der Waals surface area contributed by atoms with Crippen LogP contribution in [0, 0.1) is 6.92 Å². The number of aromatic nitrogens is 1. The van der Waals surface area contributed by atoms with E-state index in [9.17, 15) is 9.59 Å². The fourth-order valence-corrected chi connectivity index (χ4v) is 2.21. The molecule has 0 aliphatic rings. The molecule has 110 valence electrons. The van der Waals surface area contributed by atoms with Crippen molar-refractivity contribution in [3.63, 3.8) is 0 Å². The summed E-state index contributed by atoms with van der Waals surface area (Å²) in [5.41, 5.74) is 7.26. The molecule has 0 spiro atoms. The van der Waals surface area contributed by atoms with E-state index in [-0.39, 0.29) is 0 Å². The van der Waals surface area contributed by atoms with Gasteiger partial charge in [-0.15, -0.1) is 11.3 Å². The molecule has 7 heteroatoms. The van der Waals surface area contributed by atoms with Crippen molar-refractivity contribution < 1.29 is 14.3 Å². The molecule has 3 N–H and O–H groups in total. The summed E-state index contributed by atoms with van der Waals surface area (Å²) in [7, 11) is 0. The Labute approximate surface area is 125 Å². The highest BCUT2D eigenvalue weighted by Crippen LogP contribution is 2.15. The van der Waals surface area contributed by atoms with E-state index in [2.05, 4.69) is 10.3 Å². The first-order valence-corrected chi connectivity index (χ1v) is 7.13. The molecule has 0 saturated carbocycles. The first-order valence-electron chi connectivity index (χ1n) is 6.25. The minimum Gasteiger partial charge on any atom is -0.449 e. The predicted octanol–water partition coefficient (Wildman–Crippen LogP) is 2.22. The Kier molecular flexibility index (Phi) is 4.54. The lowest BCUT2D eigenvalue weighted by Crippen LogP contribution is -2.29. The Morgan fingerprint density at radius 1 is 1.33 bits per heavy atom. The lowest BCUT2D eigenvalue weighted by Gasteiger charge is -2.12. The Hall–Kier alpha value is -2.41. The van der Waals surface area contributed by atoms with E-state index < -0.39 is 18.0 Å². The van der Waals surface area contributed by atoms with Crippen molar-refractivity contribution in [1.29, 1.82) is 0 Å². The number of aryl methyl sites for hydroxylation is 1. The van der Waals surface area contributed by atoms with E-state index in [0.29, 0.717) is 16.4 Å². The van der Waals surface area contributed by atoms with Crippen molar-refractivity contribution >= 4 is 34.0 Å². The number of hydrogen-bond donors (Lipinski definition) is 2. The van der Waals surface area contributed by atoms with E-state index in [1.165, 1.54) is 18.3 Å². The number of esters is 1. The highest BCUT2D eigenvalue weighted by Gasteiger charge is 2.19. The molecule has 1 aromatic heterocycles. The summed E-state index contributed by atoms with van der Waals surface area (Å²) in [5.74, 6) is -0.999. The molecular formula is C14H15N3O3S. The van der Waals surface area contributed by atoms with Gasteiger partial charge in [0.2, 0.25) is 0 Å². The van der Waals surface area contributed by atoms with Crippen LogP contribution in [-0.2, 0) is 9.53 Å². The van der Waals surface area contributed by atoms with Gasteiger partial charge < -0.3 is 10.5 Å². The number of nitrogen functional groups attached to an aromatic ring is 1. The zero-order chi connectivity index (χ0) is 15.4. The minimum atomic E-state index is -0.917. The molecule has 21 heavy (non-hydrogen) atoms. The third-order valence-corrected chi connectivity index (χ3v) is 3.52. The van der Waals surface area contributed by atoms with Gasteiger partial charge >= 0.3 is 5.97 Å². The molecule has 1 aromatic carbocycles. The largest absolute Gasteiger partial charge is 0.449 e. The number of nitrogens with zero attached hydrogens (tertiary/aromatic N) is 1. The SMILES string of the molecule is Cc1csc(NC(=O)C(C)OC(=O)c2ccc(N)cc2)n1. The topological polar surface area (TPSA) is 94.3 Å². The number of carbonyl (C=O) groups excluding carboxylic acids is 2. The number of ether oxygens (including phenoxy) is 1.